The molecule has 0 aliphatic carbocycles. The van der Waals surface area contributed by atoms with Crippen LogP contribution >= 0.6 is 0 Å². The van der Waals surface area contributed by atoms with Gasteiger partial charge in [-0.1, -0.05) is 13.8 Å². The summed E-state index contributed by atoms with van der Waals surface area (Å²) >= 11 is 0. The molecule has 0 aromatic carbocycles. The molecule has 0 bridgehead atoms. The summed E-state index contributed by atoms with van der Waals surface area (Å²) in [5.41, 5.74) is 5.58. The Morgan fingerprint density at radius 2 is 1.65 bits per heavy atom. The quantitative estimate of drug-likeness (QED) is 0.567. The van der Waals surface area contributed by atoms with Gasteiger partial charge >= 0.3 is 0 Å². The van der Waals surface area contributed by atoms with Crippen molar-refractivity contribution in [1.29, 1.82) is 0 Å². The lowest BCUT2D eigenvalue weighted by Gasteiger charge is -2.19. The largest absolute Gasteiger partial charge is 0.356 e. The van der Waals surface area contributed by atoms with Crippen molar-refractivity contribution in [3.8, 4) is 0 Å². The fourth-order valence-corrected chi connectivity index (χ4v) is 2.14. The highest BCUT2D eigenvalue weighted by molar-refractivity contribution is 5.79. The second kappa shape index (κ2) is 10.7. The molecule has 20 heavy (non-hydrogen) atoms. The third kappa shape index (κ3) is 9.78. The molecule has 0 aliphatic heterocycles. The zero-order valence-corrected chi connectivity index (χ0v) is 13.4. The number of carbonyl (C=O) groups excluding carboxylic acids is 2. The van der Waals surface area contributed by atoms with Gasteiger partial charge in [-0.3, -0.25) is 9.59 Å². The second-order valence-electron chi connectivity index (χ2n) is 5.94. The fraction of sp³-hybridized carbons (Fsp3) is 0.867. The van der Waals surface area contributed by atoms with Gasteiger partial charge in [0.15, 0.2) is 0 Å². The highest BCUT2D eigenvalue weighted by Gasteiger charge is 2.14. The lowest BCUT2D eigenvalue weighted by atomic mass is 9.88. The third-order valence-corrected chi connectivity index (χ3v) is 3.35. The van der Waals surface area contributed by atoms with Crippen molar-refractivity contribution in [1.82, 2.24) is 10.6 Å². The standard InChI is InChI=1S/C15H31N3O2/c1-11(2)13(7-9-16)5-6-14(19)17-10-8-15(20)18-12(3)4/h11-13H,5-10,16H2,1-4H3,(H,17,19)(H,18,20). The number of rotatable bonds is 10. The molecule has 0 aliphatic rings. The van der Waals surface area contributed by atoms with Crippen LogP contribution in [0.2, 0.25) is 0 Å². The van der Waals surface area contributed by atoms with E-state index in [0.717, 1.165) is 12.8 Å². The maximum Gasteiger partial charge on any atom is 0.221 e. The van der Waals surface area contributed by atoms with Crippen LogP contribution in [0.1, 0.15) is 53.4 Å². The number of amides is 2. The summed E-state index contributed by atoms with van der Waals surface area (Å²) in [6.07, 6.45) is 2.66. The van der Waals surface area contributed by atoms with E-state index in [1.807, 2.05) is 13.8 Å². The van der Waals surface area contributed by atoms with Crippen LogP contribution in [0.4, 0.5) is 0 Å². The molecule has 1 unspecified atom stereocenters. The lowest BCUT2D eigenvalue weighted by Crippen LogP contribution is -2.34. The number of hydrogen-bond donors (Lipinski definition) is 3. The molecule has 0 aromatic heterocycles. The Morgan fingerprint density at radius 3 is 2.15 bits per heavy atom. The summed E-state index contributed by atoms with van der Waals surface area (Å²) in [5, 5.41) is 5.59. The minimum Gasteiger partial charge on any atom is -0.356 e. The number of nitrogens with one attached hydrogen (secondary N) is 2. The second-order valence-corrected chi connectivity index (χ2v) is 5.94. The molecule has 0 radical (unpaired) electrons. The number of hydrogen-bond acceptors (Lipinski definition) is 3. The Kier molecular flexibility index (Phi) is 10.1. The van der Waals surface area contributed by atoms with Crippen LogP contribution in [0.3, 0.4) is 0 Å². The van der Waals surface area contributed by atoms with Gasteiger partial charge in [0.1, 0.15) is 0 Å². The van der Waals surface area contributed by atoms with E-state index in [4.69, 9.17) is 5.73 Å². The highest BCUT2D eigenvalue weighted by Crippen LogP contribution is 2.20. The highest BCUT2D eigenvalue weighted by atomic mass is 16.2. The van der Waals surface area contributed by atoms with Gasteiger partial charge in [0.25, 0.3) is 0 Å². The Morgan fingerprint density at radius 1 is 1.00 bits per heavy atom. The van der Waals surface area contributed by atoms with E-state index < -0.39 is 0 Å². The average Bonchev–Trinajstić information content (AvgIpc) is 2.33. The van der Waals surface area contributed by atoms with Crippen molar-refractivity contribution >= 4 is 11.8 Å². The SMILES string of the molecule is CC(C)NC(=O)CCNC(=O)CCC(CCN)C(C)C. The fourth-order valence-electron chi connectivity index (χ4n) is 2.14. The van der Waals surface area contributed by atoms with Gasteiger partial charge in [0.2, 0.25) is 11.8 Å². The molecule has 0 saturated heterocycles. The molecule has 0 heterocycles. The van der Waals surface area contributed by atoms with Crippen LogP contribution in [-0.2, 0) is 9.59 Å². The molecule has 0 saturated carbocycles. The summed E-state index contributed by atoms with van der Waals surface area (Å²) in [5.74, 6) is 1.03. The molecule has 118 valence electrons. The van der Waals surface area contributed by atoms with E-state index in [1.165, 1.54) is 0 Å². The molecule has 5 nitrogen and oxygen atoms in total. The molecule has 0 fully saturated rings. The Hall–Kier alpha value is -1.10. The first-order chi connectivity index (χ1) is 9.36. The maximum absolute atomic E-state index is 11.7. The Labute approximate surface area is 123 Å². The number of nitrogens with two attached hydrogens (primary N) is 1. The van der Waals surface area contributed by atoms with E-state index in [-0.39, 0.29) is 17.9 Å². The molecule has 5 heteroatoms. The average molecular weight is 285 g/mol. The molecule has 0 spiro atoms. The predicted octanol–water partition coefficient (Wildman–Crippen LogP) is 1.42. The van der Waals surface area contributed by atoms with E-state index in [9.17, 15) is 9.59 Å². The number of carbonyl (C=O) groups is 2. The smallest absolute Gasteiger partial charge is 0.221 e. The van der Waals surface area contributed by atoms with Crippen LogP contribution in [0.5, 0.6) is 0 Å². The molecule has 4 N–H and O–H groups in total. The van der Waals surface area contributed by atoms with Gasteiger partial charge in [0, 0.05) is 25.4 Å². The molecule has 0 aromatic rings. The summed E-state index contributed by atoms with van der Waals surface area (Å²) in [4.78, 5) is 23.1. The minimum absolute atomic E-state index is 0.0185. The topological polar surface area (TPSA) is 84.2 Å². The first-order valence-electron chi connectivity index (χ1n) is 7.63. The van der Waals surface area contributed by atoms with E-state index in [1.54, 1.807) is 0 Å². The van der Waals surface area contributed by atoms with Crippen LogP contribution < -0.4 is 16.4 Å². The first-order valence-corrected chi connectivity index (χ1v) is 7.63. The van der Waals surface area contributed by atoms with E-state index >= 15 is 0 Å². The molecule has 0 rings (SSSR count). The first kappa shape index (κ1) is 18.9. The summed E-state index contributed by atoms with van der Waals surface area (Å²) in [6, 6.07) is 0.140. The maximum atomic E-state index is 11.7. The van der Waals surface area contributed by atoms with Gasteiger partial charge in [0.05, 0.1) is 0 Å². The Bertz CT molecular complexity index is 291. The zero-order valence-electron chi connectivity index (χ0n) is 13.4. The van der Waals surface area contributed by atoms with Crippen LogP contribution in [0.15, 0.2) is 0 Å². The summed E-state index contributed by atoms with van der Waals surface area (Å²) in [7, 11) is 0. The Balaban J connectivity index is 3.80. The third-order valence-electron chi connectivity index (χ3n) is 3.35. The lowest BCUT2D eigenvalue weighted by molar-refractivity contribution is -0.122. The van der Waals surface area contributed by atoms with Crippen LogP contribution in [0.25, 0.3) is 0 Å². The molecule has 2 amide bonds. The van der Waals surface area contributed by atoms with Gasteiger partial charge in [-0.25, -0.2) is 0 Å². The van der Waals surface area contributed by atoms with Crippen LogP contribution in [0, 0.1) is 11.8 Å². The van der Waals surface area contributed by atoms with Crippen molar-refractivity contribution in [3.63, 3.8) is 0 Å². The van der Waals surface area contributed by atoms with Gasteiger partial charge in [-0.2, -0.15) is 0 Å². The van der Waals surface area contributed by atoms with Crippen LogP contribution in [-0.4, -0.2) is 30.9 Å². The van der Waals surface area contributed by atoms with Crippen molar-refractivity contribution in [2.24, 2.45) is 17.6 Å². The van der Waals surface area contributed by atoms with Crippen molar-refractivity contribution in [2.45, 2.75) is 59.4 Å². The predicted molar refractivity (Wildman–Crippen MR) is 82.1 cm³/mol. The van der Waals surface area contributed by atoms with Gasteiger partial charge in [-0.05, 0) is 45.1 Å². The van der Waals surface area contributed by atoms with Gasteiger partial charge in [-0.15, -0.1) is 0 Å². The molecule has 1 atom stereocenters. The summed E-state index contributed by atoms with van der Waals surface area (Å²) in [6.45, 7) is 9.23. The van der Waals surface area contributed by atoms with E-state index in [2.05, 4.69) is 24.5 Å². The summed E-state index contributed by atoms with van der Waals surface area (Å²) < 4.78 is 0. The van der Waals surface area contributed by atoms with Crippen molar-refractivity contribution in [2.75, 3.05) is 13.1 Å². The zero-order chi connectivity index (χ0) is 15.5. The normalized spacial score (nSPS) is 12.6. The van der Waals surface area contributed by atoms with Crippen molar-refractivity contribution in [3.05, 3.63) is 0 Å². The minimum atomic E-state index is -0.0245. The van der Waals surface area contributed by atoms with E-state index in [0.29, 0.717) is 37.8 Å². The van der Waals surface area contributed by atoms with Crippen molar-refractivity contribution < 1.29 is 9.59 Å². The van der Waals surface area contributed by atoms with Gasteiger partial charge < -0.3 is 16.4 Å². The molecular formula is C15H31N3O2. The molecular weight excluding hydrogens is 254 g/mol. The monoisotopic (exact) mass is 285 g/mol.